The topological polar surface area (TPSA) is 15.3 Å². The molecule has 1 aliphatic rings. The van der Waals surface area contributed by atoms with Gasteiger partial charge >= 0.3 is 0 Å². The molecule has 1 unspecified atom stereocenters. The van der Waals surface area contributed by atoms with Gasteiger partial charge in [-0.3, -0.25) is 4.90 Å². The van der Waals surface area contributed by atoms with Gasteiger partial charge in [-0.15, -0.1) is 0 Å². The van der Waals surface area contributed by atoms with Crippen molar-refractivity contribution in [2.45, 2.75) is 32.2 Å². The summed E-state index contributed by atoms with van der Waals surface area (Å²) in [6.45, 7) is 6.86. The third-order valence-electron chi connectivity index (χ3n) is 3.78. The van der Waals surface area contributed by atoms with E-state index in [0.29, 0.717) is 16.1 Å². The molecule has 1 N–H and O–H groups in total. The zero-order valence-corrected chi connectivity index (χ0v) is 13.0. The van der Waals surface area contributed by atoms with Gasteiger partial charge in [0.05, 0.1) is 10.0 Å². The summed E-state index contributed by atoms with van der Waals surface area (Å²) in [5, 5.41) is 4.80. The molecule has 1 fully saturated rings. The lowest BCUT2D eigenvalue weighted by molar-refractivity contribution is 0.252. The van der Waals surface area contributed by atoms with Crippen molar-refractivity contribution < 1.29 is 0 Å². The Kier molecular flexibility index (Phi) is 5.96. The molecule has 1 saturated heterocycles. The third kappa shape index (κ3) is 4.64. The molecule has 0 bridgehead atoms. The predicted molar refractivity (Wildman–Crippen MR) is 83.3 cm³/mol. The molecule has 0 amide bonds. The van der Waals surface area contributed by atoms with Crippen LogP contribution in [-0.2, 0) is 6.42 Å². The zero-order chi connectivity index (χ0) is 13.7. The summed E-state index contributed by atoms with van der Waals surface area (Å²) in [6, 6.07) is 6.50. The van der Waals surface area contributed by atoms with E-state index in [-0.39, 0.29) is 0 Å². The molecule has 1 aromatic carbocycles. The molecule has 106 valence electrons. The van der Waals surface area contributed by atoms with Crippen LogP contribution in [-0.4, -0.2) is 37.1 Å². The number of hydrogen-bond acceptors (Lipinski definition) is 2. The van der Waals surface area contributed by atoms with Crippen LogP contribution in [0, 0.1) is 0 Å². The SMILES string of the molecule is CC(CNCCc1ccc(Cl)c(Cl)c1)N1CCCC1. The van der Waals surface area contributed by atoms with Gasteiger partial charge in [-0.25, -0.2) is 0 Å². The molecule has 1 atom stereocenters. The van der Waals surface area contributed by atoms with E-state index in [0.717, 1.165) is 19.5 Å². The maximum atomic E-state index is 6.00. The summed E-state index contributed by atoms with van der Waals surface area (Å²) in [4.78, 5) is 2.56. The maximum Gasteiger partial charge on any atom is 0.0595 e. The van der Waals surface area contributed by atoms with Gasteiger partial charge in [0.2, 0.25) is 0 Å². The van der Waals surface area contributed by atoms with Crippen LogP contribution in [0.3, 0.4) is 0 Å². The number of benzene rings is 1. The highest BCUT2D eigenvalue weighted by Gasteiger charge is 2.17. The van der Waals surface area contributed by atoms with Crippen LogP contribution < -0.4 is 5.32 Å². The highest BCUT2D eigenvalue weighted by atomic mass is 35.5. The summed E-state index contributed by atoms with van der Waals surface area (Å²) >= 11 is 11.9. The number of likely N-dealkylation sites (tertiary alicyclic amines) is 1. The molecule has 2 nitrogen and oxygen atoms in total. The van der Waals surface area contributed by atoms with Crippen molar-refractivity contribution in [3.05, 3.63) is 33.8 Å². The fourth-order valence-corrected chi connectivity index (χ4v) is 2.87. The van der Waals surface area contributed by atoms with Gasteiger partial charge < -0.3 is 5.32 Å². The van der Waals surface area contributed by atoms with E-state index < -0.39 is 0 Å². The summed E-state index contributed by atoms with van der Waals surface area (Å²) in [7, 11) is 0. The third-order valence-corrected chi connectivity index (χ3v) is 4.52. The number of halogens is 2. The molecule has 0 radical (unpaired) electrons. The van der Waals surface area contributed by atoms with Crippen LogP contribution in [0.1, 0.15) is 25.3 Å². The largest absolute Gasteiger partial charge is 0.315 e. The molecule has 2 rings (SSSR count). The molecule has 4 heteroatoms. The second-order valence-electron chi connectivity index (χ2n) is 5.29. The molecule has 0 saturated carbocycles. The Bertz CT molecular complexity index is 403. The van der Waals surface area contributed by atoms with Crippen molar-refractivity contribution >= 4 is 23.2 Å². The maximum absolute atomic E-state index is 6.00. The Morgan fingerprint density at radius 2 is 1.95 bits per heavy atom. The standard InChI is InChI=1S/C15H22Cl2N2/c1-12(19-8-2-3-9-19)11-18-7-6-13-4-5-14(16)15(17)10-13/h4-5,10,12,18H,2-3,6-9,11H2,1H3. The Hall–Kier alpha value is -0.280. The predicted octanol–water partition coefficient (Wildman–Crippen LogP) is 3.61. The summed E-state index contributed by atoms with van der Waals surface area (Å²) in [5.41, 5.74) is 1.23. The second kappa shape index (κ2) is 7.49. The number of rotatable bonds is 6. The van der Waals surface area contributed by atoms with Crippen LogP contribution in [0.4, 0.5) is 0 Å². The molecule has 19 heavy (non-hydrogen) atoms. The molecular formula is C15H22Cl2N2. The van der Waals surface area contributed by atoms with Gasteiger partial charge in [0.25, 0.3) is 0 Å². The molecular weight excluding hydrogens is 279 g/mol. The first-order chi connectivity index (χ1) is 9.16. The zero-order valence-electron chi connectivity index (χ0n) is 11.5. The van der Waals surface area contributed by atoms with E-state index in [1.807, 2.05) is 18.2 Å². The summed E-state index contributed by atoms with van der Waals surface area (Å²) in [6.07, 6.45) is 3.70. The summed E-state index contributed by atoms with van der Waals surface area (Å²) < 4.78 is 0. The van der Waals surface area contributed by atoms with Gasteiger partial charge in [0.15, 0.2) is 0 Å². The van der Waals surface area contributed by atoms with Gasteiger partial charge in [0, 0.05) is 12.6 Å². The van der Waals surface area contributed by atoms with E-state index in [4.69, 9.17) is 23.2 Å². The highest BCUT2D eigenvalue weighted by Crippen LogP contribution is 2.22. The van der Waals surface area contributed by atoms with E-state index in [1.165, 1.54) is 31.5 Å². The van der Waals surface area contributed by atoms with E-state index in [2.05, 4.69) is 17.1 Å². The van der Waals surface area contributed by atoms with Crippen LogP contribution in [0.2, 0.25) is 10.0 Å². The van der Waals surface area contributed by atoms with Crippen LogP contribution in [0.5, 0.6) is 0 Å². The monoisotopic (exact) mass is 300 g/mol. The Balaban J connectivity index is 1.67. The van der Waals surface area contributed by atoms with Gasteiger partial charge in [-0.2, -0.15) is 0 Å². The van der Waals surface area contributed by atoms with Crippen LogP contribution >= 0.6 is 23.2 Å². The average molecular weight is 301 g/mol. The van der Waals surface area contributed by atoms with Crippen molar-refractivity contribution in [2.75, 3.05) is 26.2 Å². The van der Waals surface area contributed by atoms with Crippen molar-refractivity contribution in [1.29, 1.82) is 0 Å². The average Bonchev–Trinajstić information content (AvgIpc) is 2.92. The lowest BCUT2D eigenvalue weighted by Crippen LogP contribution is -2.39. The lowest BCUT2D eigenvalue weighted by atomic mass is 10.1. The number of nitrogens with one attached hydrogen (secondary N) is 1. The molecule has 0 aliphatic carbocycles. The Morgan fingerprint density at radius 1 is 1.21 bits per heavy atom. The van der Waals surface area contributed by atoms with E-state index in [1.54, 1.807) is 0 Å². The fourth-order valence-electron chi connectivity index (χ4n) is 2.55. The summed E-state index contributed by atoms with van der Waals surface area (Å²) in [5.74, 6) is 0. The van der Waals surface area contributed by atoms with Crippen molar-refractivity contribution in [3.8, 4) is 0 Å². The Morgan fingerprint density at radius 3 is 2.63 bits per heavy atom. The minimum atomic E-state index is 0.626. The van der Waals surface area contributed by atoms with Crippen molar-refractivity contribution in [3.63, 3.8) is 0 Å². The first-order valence-electron chi connectivity index (χ1n) is 7.05. The molecule has 0 spiro atoms. The first-order valence-corrected chi connectivity index (χ1v) is 7.81. The van der Waals surface area contributed by atoms with Crippen LogP contribution in [0.15, 0.2) is 18.2 Å². The second-order valence-corrected chi connectivity index (χ2v) is 6.11. The highest BCUT2D eigenvalue weighted by molar-refractivity contribution is 6.42. The quantitative estimate of drug-likeness (QED) is 0.808. The van der Waals surface area contributed by atoms with Gasteiger partial charge in [0.1, 0.15) is 0 Å². The molecule has 1 aliphatic heterocycles. The minimum absolute atomic E-state index is 0.626. The molecule has 1 heterocycles. The molecule has 1 aromatic rings. The van der Waals surface area contributed by atoms with Crippen molar-refractivity contribution in [2.24, 2.45) is 0 Å². The fraction of sp³-hybridized carbons (Fsp3) is 0.600. The minimum Gasteiger partial charge on any atom is -0.315 e. The van der Waals surface area contributed by atoms with Gasteiger partial charge in [-0.1, -0.05) is 29.3 Å². The Labute approximate surface area is 126 Å². The normalized spacial score (nSPS) is 17.8. The van der Waals surface area contributed by atoms with E-state index >= 15 is 0 Å². The number of hydrogen-bond donors (Lipinski definition) is 1. The lowest BCUT2D eigenvalue weighted by Gasteiger charge is -2.23. The van der Waals surface area contributed by atoms with Crippen molar-refractivity contribution in [1.82, 2.24) is 10.2 Å². The molecule has 0 aromatic heterocycles. The van der Waals surface area contributed by atoms with Crippen LogP contribution in [0.25, 0.3) is 0 Å². The smallest absolute Gasteiger partial charge is 0.0595 e. The first kappa shape index (κ1) is 15.1. The number of nitrogens with zero attached hydrogens (tertiary/aromatic N) is 1. The van der Waals surface area contributed by atoms with E-state index in [9.17, 15) is 0 Å². The van der Waals surface area contributed by atoms with Gasteiger partial charge in [-0.05, 0) is 63.5 Å².